The van der Waals surface area contributed by atoms with Crippen LogP contribution in [0.25, 0.3) is 10.9 Å². The number of rotatable bonds is 2. The van der Waals surface area contributed by atoms with Crippen LogP contribution in [0.2, 0.25) is 0 Å². The molecule has 7 heteroatoms. The van der Waals surface area contributed by atoms with Crippen LogP contribution in [0.4, 0.5) is 5.82 Å². The average Bonchev–Trinajstić information content (AvgIpc) is 2.83. The summed E-state index contributed by atoms with van der Waals surface area (Å²) in [6.45, 7) is 0. The van der Waals surface area contributed by atoms with E-state index in [-0.39, 0.29) is 11.3 Å². The van der Waals surface area contributed by atoms with Crippen molar-refractivity contribution >= 4 is 54.5 Å². The van der Waals surface area contributed by atoms with E-state index in [1.165, 1.54) is 6.07 Å². The number of carbonyl (C=O) groups excluding carboxylic acids is 1. The van der Waals surface area contributed by atoms with Crippen LogP contribution in [0.1, 0.15) is 10.4 Å². The minimum atomic E-state index is -0.426. The van der Waals surface area contributed by atoms with Crippen molar-refractivity contribution in [3.05, 3.63) is 50.9 Å². The Labute approximate surface area is 136 Å². The molecule has 1 heterocycles. The Balaban J connectivity index is 1.95. The zero-order valence-corrected chi connectivity index (χ0v) is 13.7. The van der Waals surface area contributed by atoms with Gasteiger partial charge >= 0.3 is 0 Å². The zero-order valence-electron chi connectivity index (χ0n) is 10.5. The molecule has 0 bridgehead atoms. The molecule has 3 N–H and O–H groups in total. The van der Waals surface area contributed by atoms with Crippen molar-refractivity contribution in [2.45, 2.75) is 0 Å². The van der Waals surface area contributed by atoms with Gasteiger partial charge in [-0.1, -0.05) is 31.9 Å². The van der Waals surface area contributed by atoms with E-state index in [0.29, 0.717) is 10.3 Å². The van der Waals surface area contributed by atoms with Crippen molar-refractivity contribution in [1.82, 2.24) is 10.2 Å². The largest absolute Gasteiger partial charge is 0.507 e. The van der Waals surface area contributed by atoms with Crippen molar-refractivity contribution in [2.75, 3.05) is 5.32 Å². The first-order valence-electron chi connectivity index (χ1n) is 5.98. The maximum Gasteiger partial charge on any atom is 0.260 e. The number of benzene rings is 2. The normalized spacial score (nSPS) is 10.8. The Bertz CT molecular complexity index is 845. The summed E-state index contributed by atoms with van der Waals surface area (Å²) in [5, 5.41) is 20.2. The zero-order chi connectivity index (χ0) is 15.0. The molecule has 0 atom stereocenters. The molecule has 0 aliphatic heterocycles. The average molecular weight is 411 g/mol. The van der Waals surface area contributed by atoms with E-state index in [9.17, 15) is 9.90 Å². The van der Waals surface area contributed by atoms with Gasteiger partial charge in [-0.3, -0.25) is 9.89 Å². The Kier molecular flexibility index (Phi) is 3.69. The lowest BCUT2D eigenvalue weighted by atomic mass is 10.2. The molecule has 0 aliphatic carbocycles. The molecular formula is C14H9Br2N3O2. The number of amides is 1. The smallest absolute Gasteiger partial charge is 0.260 e. The molecule has 1 amide bonds. The number of fused-ring (bicyclic) bond motifs is 1. The molecule has 0 saturated carbocycles. The molecule has 1 aromatic heterocycles. The van der Waals surface area contributed by atoms with Crippen LogP contribution in [0, 0.1) is 0 Å². The highest BCUT2D eigenvalue weighted by Gasteiger charge is 2.15. The number of aromatic hydroxyl groups is 1. The number of aromatic amines is 1. The van der Waals surface area contributed by atoms with Crippen molar-refractivity contribution in [1.29, 1.82) is 0 Å². The Morgan fingerprint density at radius 1 is 1.14 bits per heavy atom. The number of halogens is 2. The summed E-state index contributed by atoms with van der Waals surface area (Å²) in [4.78, 5) is 12.2. The monoisotopic (exact) mass is 409 g/mol. The van der Waals surface area contributed by atoms with E-state index in [1.807, 2.05) is 18.2 Å². The summed E-state index contributed by atoms with van der Waals surface area (Å²) >= 11 is 6.65. The Morgan fingerprint density at radius 2 is 1.86 bits per heavy atom. The number of phenols is 1. The third kappa shape index (κ3) is 2.79. The van der Waals surface area contributed by atoms with Crippen molar-refractivity contribution < 1.29 is 9.90 Å². The van der Waals surface area contributed by atoms with Gasteiger partial charge in [-0.2, -0.15) is 5.10 Å². The molecule has 106 valence electrons. The molecule has 0 spiro atoms. The molecule has 3 rings (SSSR count). The first kappa shape index (κ1) is 14.1. The highest BCUT2D eigenvalue weighted by Crippen LogP contribution is 2.26. The second-order valence-electron chi connectivity index (χ2n) is 4.38. The minimum Gasteiger partial charge on any atom is -0.507 e. The van der Waals surface area contributed by atoms with Crippen LogP contribution in [-0.4, -0.2) is 21.2 Å². The van der Waals surface area contributed by atoms with Gasteiger partial charge in [0.25, 0.3) is 5.91 Å². The summed E-state index contributed by atoms with van der Waals surface area (Å²) in [7, 11) is 0. The lowest BCUT2D eigenvalue weighted by molar-refractivity contribution is 0.102. The lowest BCUT2D eigenvalue weighted by Gasteiger charge is -2.05. The van der Waals surface area contributed by atoms with Gasteiger partial charge < -0.3 is 10.4 Å². The van der Waals surface area contributed by atoms with Crippen molar-refractivity contribution in [3.63, 3.8) is 0 Å². The predicted octanol–water partition coefficient (Wildman–Crippen LogP) is 4.05. The van der Waals surface area contributed by atoms with Crippen molar-refractivity contribution in [3.8, 4) is 5.75 Å². The highest BCUT2D eigenvalue weighted by molar-refractivity contribution is 9.10. The Morgan fingerprint density at radius 3 is 2.67 bits per heavy atom. The van der Waals surface area contributed by atoms with Crippen LogP contribution in [0.3, 0.4) is 0 Å². The van der Waals surface area contributed by atoms with Gasteiger partial charge in [-0.05, 0) is 36.4 Å². The molecule has 3 aromatic rings. The quantitative estimate of drug-likeness (QED) is 0.596. The predicted molar refractivity (Wildman–Crippen MR) is 87.6 cm³/mol. The first-order valence-corrected chi connectivity index (χ1v) is 7.56. The van der Waals surface area contributed by atoms with E-state index >= 15 is 0 Å². The number of hydrogen-bond donors (Lipinski definition) is 3. The SMILES string of the molecule is O=C(Nc1n[nH]c2cc(Br)ccc12)c1cc(Br)ccc1O. The molecular weight excluding hydrogens is 402 g/mol. The van der Waals surface area contributed by atoms with Crippen LogP contribution in [0.15, 0.2) is 45.3 Å². The van der Waals surface area contributed by atoms with Crippen LogP contribution in [0.5, 0.6) is 5.75 Å². The van der Waals surface area contributed by atoms with Gasteiger partial charge in [0.1, 0.15) is 5.75 Å². The van der Waals surface area contributed by atoms with E-state index < -0.39 is 5.91 Å². The van der Waals surface area contributed by atoms with Gasteiger partial charge in [-0.15, -0.1) is 0 Å². The lowest BCUT2D eigenvalue weighted by Crippen LogP contribution is -2.12. The fourth-order valence-electron chi connectivity index (χ4n) is 1.95. The molecule has 2 aromatic carbocycles. The summed E-state index contributed by atoms with van der Waals surface area (Å²) in [5.41, 5.74) is 0.982. The summed E-state index contributed by atoms with van der Waals surface area (Å²) in [6, 6.07) is 10.3. The standard InChI is InChI=1S/C14H9Br2N3O2/c15-7-2-4-12(20)10(5-7)14(21)17-13-9-3-1-8(16)6-11(9)18-19-13/h1-6,20H,(H2,17,18,19,21). The number of nitrogens with zero attached hydrogens (tertiary/aromatic N) is 1. The third-order valence-corrected chi connectivity index (χ3v) is 3.95. The second kappa shape index (κ2) is 5.50. The molecule has 21 heavy (non-hydrogen) atoms. The van der Waals surface area contributed by atoms with Gasteiger partial charge in [0.2, 0.25) is 0 Å². The first-order chi connectivity index (χ1) is 10.0. The summed E-state index contributed by atoms with van der Waals surface area (Å²) in [5.74, 6) is -0.0923. The summed E-state index contributed by atoms with van der Waals surface area (Å²) < 4.78 is 1.63. The molecule has 0 fully saturated rings. The number of phenolic OH excluding ortho intramolecular Hbond substituents is 1. The molecule has 0 aliphatic rings. The van der Waals surface area contributed by atoms with Gasteiger partial charge in [0.15, 0.2) is 5.82 Å². The Hall–Kier alpha value is -1.86. The molecule has 0 unspecified atom stereocenters. The van der Waals surface area contributed by atoms with Crippen LogP contribution >= 0.6 is 31.9 Å². The second-order valence-corrected chi connectivity index (χ2v) is 6.21. The number of aromatic nitrogens is 2. The van der Waals surface area contributed by atoms with E-state index in [4.69, 9.17) is 0 Å². The fraction of sp³-hybridized carbons (Fsp3) is 0. The minimum absolute atomic E-state index is 0.0849. The maximum absolute atomic E-state index is 12.2. The summed E-state index contributed by atoms with van der Waals surface area (Å²) in [6.07, 6.45) is 0. The molecule has 0 saturated heterocycles. The van der Waals surface area contributed by atoms with Gasteiger partial charge in [0, 0.05) is 14.3 Å². The third-order valence-electron chi connectivity index (χ3n) is 2.96. The van der Waals surface area contributed by atoms with E-state index in [0.717, 1.165) is 15.4 Å². The van der Waals surface area contributed by atoms with E-state index in [1.54, 1.807) is 12.1 Å². The maximum atomic E-state index is 12.2. The van der Waals surface area contributed by atoms with Gasteiger partial charge in [0.05, 0.1) is 11.1 Å². The topological polar surface area (TPSA) is 78.0 Å². The fourth-order valence-corrected chi connectivity index (χ4v) is 2.67. The van der Waals surface area contributed by atoms with Gasteiger partial charge in [-0.25, -0.2) is 0 Å². The number of H-pyrrole nitrogens is 1. The molecule has 5 nitrogen and oxygen atoms in total. The number of carbonyl (C=O) groups is 1. The number of nitrogens with one attached hydrogen (secondary N) is 2. The molecule has 0 radical (unpaired) electrons. The number of anilines is 1. The van der Waals surface area contributed by atoms with Crippen LogP contribution < -0.4 is 5.32 Å². The van der Waals surface area contributed by atoms with E-state index in [2.05, 4.69) is 47.4 Å². The highest BCUT2D eigenvalue weighted by atomic mass is 79.9. The van der Waals surface area contributed by atoms with Crippen LogP contribution in [-0.2, 0) is 0 Å². The number of hydrogen-bond acceptors (Lipinski definition) is 3. The van der Waals surface area contributed by atoms with Crippen molar-refractivity contribution in [2.24, 2.45) is 0 Å².